The number of phenolic OH excluding ortho intramolecular Hbond substituents is 1. The number of esters is 1. The van der Waals surface area contributed by atoms with E-state index < -0.39 is 22.3 Å². The molecule has 20 heavy (non-hydrogen) atoms. The van der Waals surface area contributed by atoms with Crippen LogP contribution in [0.4, 0.5) is 5.69 Å². The molecular formula is C12H10N2O6. The van der Waals surface area contributed by atoms with Gasteiger partial charge >= 0.3 is 11.7 Å². The standard InChI is InChI=1S/C12H10N2O6/c1-2-19-12(16)8-6-11(20-13-8)7-3-4-10(15)9(5-7)14(17)18/h3-6,15H,2H2,1H3. The first-order valence-electron chi connectivity index (χ1n) is 5.64. The lowest BCUT2D eigenvalue weighted by Gasteiger charge is -1.98. The van der Waals surface area contributed by atoms with Crippen LogP contribution >= 0.6 is 0 Å². The van der Waals surface area contributed by atoms with Crippen LogP contribution in [0, 0.1) is 10.1 Å². The van der Waals surface area contributed by atoms with Gasteiger partial charge in [-0.05, 0) is 19.1 Å². The molecule has 0 aliphatic rings. The maximum atomic E-state index is 11.4. The summed E-state index contributed by atoms with van der Waals surface area (Å²) < 4.78 is 9.69. The molecule has 1 N–H and O–H groups in total. The first kappa shape index (κ1) is 13.5. The Morgan fingerprint density at radius 1 is 1.50 bits per heavy atom. The van der Waals surface area contributed by atoms with Gasteiger partial charge in [-0.1, -0.05) is 5.16 Å². The van der Waals surface area contributed by atoms with Gasteiger partial charge in [0.25, 0.3) is 0 Å². The number of rotatable bonds is 4. The van der Waals surface area contributed by atoms with Crippen LogP contribution in [0.25, 0.3) is 11.3 Å². The molecular weight excluding hydrogens is 268 g/mol. The molecule has 8 heteroatoms. The minimum absolute atomic E-state index is 0.0300. The fourth-order valence-corrected chi connectivity index (χ4v) is 1.54. The number of hydrogen-bond acceptors (Lipinski definition) is 7. The van der Waals surface area contributed by atoms with Crippen molar-refractivity contribution in [3.8, 4) is 17.1 Å². The molecule has 104 valence electrons. The summed E-state index contributed by atoms with van der Waals surface area (Å²) >= 11 is 0. The quantitative estimate of drug-likeness (QED) is 0.517. The average molecular weight is 278 g/mol. The topological polar surface area (TPSA) is 116 Å². The van der Waals surface area contributed by atoms with E-state index in [1.165, 1.54) is 18.2 Å². The van der Waals surface area contributed by atoms with Crippen LogP contribution in [0.3, 0.4) is 0 Å². The number of nitro groups is 1. The molecule has 2 aromatic rings. The number of ether oxygens (including phenoxy) is 1. The Morgan fingerprint density at radius 3 is 2.90 bits per heavy atom. The minimum Gasteiger partial charge on any atom is -0.502 e. The number of aromatic nitrogens is 1. The first-order chi connectivity index (χ1) is 9.52. The third-order valence-electron chi connectivity index (χ3n) is 2.45. The second-order valence-electron chi connectivity index (χ2n) is 3.76. The van der Waals surface area contributed by atoms with Gasteiger partial charge in [0.2, 0.25) is 0 Å². The zero-order valence-electron chi connectivity index (χ0n) is 10.4. The van der Waals surface area contributed by atoms with Gasteiger partial charge in [0, 0.05) is 17.7 Å². The number of nitrogens with zero attached hydrogens (tertiary/aromatic N) is 2. The molecule has 0 atom stereocenters. The van der Waals surface area contributed by atoms with Gasteiger partial charge < -0.3 is 14.4 Å². The molecule has 0 spiro atoms. The van der Waals surface area contributed by atoms with Crippen LogP contribution in [0.5, 0.6) is 5.75 Å². The maximum absolute atomic E-state index is 11.4. The van der Waals surface area contributed by atoms with Crippen LogP contribution in [0.15, 0.2) is 28.8 Å². The van der Waals surface area contributed by atoms with Crippen LogP contribution in [-0.4, -0.2) is 27.8 Å². The lowest BCUT2D eigenvalue weighted by molar-refractivity contribution is -0.385. The molecule has 0 radical (unpaired) electrons. The Balaban J connectivity index is 2.35. The third kappa shape index (κ3) is 2.58. The molecule has 0 bridgehead atoms. The average Bonchev–Trinajstić information content (AvgIpc) is 2.89. The van der Waals surface area contributed by atoms with Gasteiger partial charge in [-0.2, -0.15) is 0 Å². The highest BCUT2D eigenvalue weighted by Crippen LogP contribution is 2.31. The Labute approximate surface area is 112 Å². The summed E-state index contributed by atoms with van der Waals surface area (Å²) in [6.07, 6.45) is 0. The highest BCUT2D eigenvalue weighted by molar-refractivity contribution is 5.88. The molecule has 2 rings (SSSR count). The highest BCUT2D eigenvalue weighted by atomic mass is 16.6. The second-order valence-corrected chi connectivity index (χ2v) is 3.76. The normalized spacial score (nSPS) is 10.2. The van der Waals surface area contributed by atoms with Crippen LogP contribution in [0.2, 0.25) is 0 Å². The summed E-state index contributed by atoms with van der Waals surface area (Å²) in [4.78, 5) is 21.4. The van der Waals surface area contributed by atoms with Gasteiger partial charge in [0.1, 0.15) is 0 Å². The van der Waals surface area contributed by atoms with Gasteiger partial charge in [0.05, 0.1) is 11.5 Å². The largest absolute Gasteiger partial charge is 0.502 e. The van der Waals surface area contributed by atoms with E-state index in [9.17, 15) is 20.0 Å². The van der Waals surface area contributed by atoms with E-state index in [0.29, 0.717) is 5.56 Å². The Hall–Kier alpha value is -2.90. The number of aromatic hydroxyl groups is 1. The van der Waals surface area contributed by atoms with Crippen molar-refractivity contribution in [1.29, 1.82) is 0 Å². The van der Waals surface area contributed by atoms with Crippen LogP contribution < -0.4 is 0 Å². The molecule has 8 nitrogen and oxygen atoms in total. The number of carbonyl (C=O) groups is 1. The number of hydrogen-bond donors (Lipinski definition) is 1. The minimum atomic E-state index is -0.721. The SMILES string of the molecule is CCOC(=O)c1cc(-c2ccc(O)c([N+](=O)[O-])c2)on1. The third-order valence-corrected chi connectivity index (χ3v) is 2.45. The Bertz CT molecular complexity index is 664. The van der Waals surface area contributed by atoms with E-state index in [0.717, 1.165) is 6.07 Å². The predicted molar refractivity (Wildman–Crippen MR) is 66.2 cm³/mol. The van der Waals surface area contributed by atoms with Crippen LogP contribution in [0.1, 0.15) is 17.4 Å². The molecule has 1 aromatic carbocycles. The van der Waals surface area contributed by atoms with Crippen molar-refractivity contribution in [3.63, 3.8) is 0 Å². The van der Waals surface area contributed by atoms with Gasteiger partial charge in [-0.25, -0.2) is 4.79 Å². The van der Waals surface area contributed by atoms with E-state index in [1.54, 1.807) is 6.92 Å². The smallest absolute Gasteiger partial charge is 0.360 e. The molecule has 1 heterocycles. The summed E-state index contributed by atoms with van der Waals surface area (Å²) in [5.74, 6) is -0.934. The zero-order valence-corrected chi connectivity index (χ0v) is 10.4. The summed E-state index contributed by atoms with van der Waals surface area (Å²) in [5.41, 5.74) is -0.174. The van der Waals surface area contributed by atoms with Crippen molar-refractivity contribution in [2.45, 2.75) is 6.92 Å². The van der Waals surface area contributed by atoms with E-state index in [-0.39, 0.29) is 18.1 Å². The molecule has 1 aromatic heterocycles. The van der Waals surface area contributed by atoms with Crippen LogP contribution in [-0.2, 0) is 4.74 Å². The second kappa shape index (κ2) is 5.39. The number of nitro benzene ring substituents is 1. The van der Waals surface area contributed by atoms with Crippen molar-refractivity contribution in [3.05, 3.63) is 40.1 Å². The fraction of sp³-hybridized carbons (Fsp3) is 0.167. The van der Waals surface area contributed by atoms with Crippen molar-refractivity contribution < 1.29 is 24.1 Å². The van der Waals surface area contributed by atoms with Gasteiger partial charge in [-0.15, -0.1) is 0 Å². The summed E-state index contributed by atoms with van der Waals surface area (Å²) in [5, 5.41) is 23.6. The van der Waals surface area contributed by atoms with E-state index >= 15 is 0 Å². The zero-order chi connectivity index (χ0) is 14.7. The number of carbonyl (C=O) groups excluding carboxylic acids is 1. The molecule has 0 aliphatic heterocycles. The van der Waals surface area contributed by atoms with Crippen molar-refractivity contribution in [2.75, 3.05) is 6.61 Å². The summed E-state index contributed by atoms with van der Waals surface area (Å²) in [7, 11) is 0. The summed E-state index contributed by atoms with van der Waals surface area (Å²) in [6, 6.07) is 5.02. The Kier molecular flexibility index (Phi) is 3.65. The van der Waals surface area contributed by atoms with E-state index in [4.69, 9.17) is 9.26 Å². The highest BCUT2D eigenvalue weighted by Gasteiger charge is 2.18. The summed E-state index contributed by atoms with van der Waals surface area (Å²) in [6.45, 7) is 1.86. The fourth-order valence-electron chi connectivity index (χ4n) is 1.54. The molecule has 0 aliphatic carbocycles. The van der Waals surface area contributed by atoms with E-state index in [1.807, 2.05) is 0 Å². The number of phenols is 1. The van der Waals surface area contributed by atoms with Gasteiger partial charge in [-0.3, -0.25) is 10.1 Å². The molecule has 0 fully saturated rings. The maximum Gasteiger partial charge on any atom is 0.360 e. The van der Waals surface area contributed by atoms with E-state index in [2.05, 4.69) is 5.16 Å². The number of benzene rings is 1. The lowest BCUT2D eigenvalue weighted by Crippen LogP contribution is -2.04. The van der Waals surface area contributed by atoms with Gasteiger partial charge in [0.15, 0.2) is 17.2 Å². The van der Waals surface area contributed by atoms with Crippen molar-refractivity contribution in [2.24, 2.45) is 0 Å². The van der Waals surface area contributed by atoms with Crippen molar-refractivity contribution in [1.82, 2.24) is 5.16 Å². The predicted octanol–water partition coefficient (Wildman–Crippen LogP) is 2.13. The monoisotopic (exact) mass is 278 g/mol. The first-order valence-corrected chi connectivity index (χ1v) is 5.64. The molecule has 0 amide bonds. The Morgan fingerprint density at radius 2 is 2.25 bits per heavy atom. The molecule has 0 unspecified atom stereocenters. The lowest BCUT2D eigenvalue weighted by atomic mass is 10.1. The molecule has 0 saturated carbocycles. The van der Waals surface area contributed by atoms with Crippen molar-refractivity contribution >= 4 is 11.7 Å². The molecule has 0 saturated heterocycles.